The number of anilines is 1. The summed E-state index contributed by atoms with van der Waals surface area (Å²) in [5.74, 6) is 1.30. The van der Waals surface area contributed by atoms with Crippen molar-refractivity contribution in [2.45, 2.75) is 37.7 Å². The Bertz CT molecular complexity index is 1580. The number of hydrogen-bond acceptors (Lipinski definition) is 11. The van der Waals surface area contributed by atoms with Crippen LogP contribution in [0.1, 0.15) is 32.5 Å². The molecule has 0 unspecified atom stereocenters. The Balaban J connectivity index is 1.28. The van der Waals surface area contributed by atoms with Gasteiger partial charge in [0, 0.05) is 30.5 Å². The highest BCUT2D eigenvalue weighted by atomic mass is 32.2. The third kappa shape index (κ3) is 5.09. The number of nitrogens with zero attached hydrogens (tertiary/aromatic N) is 6. The summed E-state index contributed by atoms with van der Waals surface area (Å²) < 4.78 is 42.2. The average molecular weight is 543 g/mol. The van der Waals surface area contributed by atoms with Gasteiger partial charge < -0.3 is 14.0 Å². The predicted molar refractivity (Wildman–Crippen MR) is 139 cm³/mol. The largest absolute Gasteiger partial charge is 0.496 e. The highest BCUT2D eigenvalue weighted by Gasteiger charge is 2.21. The molecule has 0 bridgehead atoms. The highest BCUT2D eigenvalue weighted by molar-refractivity contribution is 7.90. The van der Waals surface area contributed by atoms with Crippen LogP contribution in [0.3, 0.4) is 0 Å². The van der Waals surface area contributed by atoms with Crippen LogP contribution in [0.4, 0.5) is 6.01 Å². The fraction of sp³-hybridized carbons (Fsp3) is 0.333. The second kappa shape index (κ2) is 9.63. The molecule has 0 N–H and O–H groups in total. The molecule has 5 rings (SSSR count). The minimum absolute atomic E-state index is 0.184. The summed E-state index contributed by atoms with van der Waals surface area (Å²) in [4.78, 5) is 11.8. The van der Waals surface area contributed by atoms with Crippen LogP contribution in [-0.4, -0.2) is 59.2 Å². The van der Waals surface area contributed by atoms with Crippen molar-refractivity contribution in [3.8, 4) is 22.2 Å². The molecule has 0 spiro atoms. The van der Waals surface area contributed by atoms with Gasteiger partial charge in [-0.05, 0) is 48.1 Å². The number of aromatic nitrogens is 5. The highest BCUT2D eigenvalue weighted by Crippen LogP contribution is 2.34. The van der Waals surface area contributed by atoms with Gasteiger partial charge in [0.05, 0.1) is 23.9 Å². The summed E-state index contributed by atoms with van der Waals surface area (Å²) in [6.07, 6.45) is 8.59. The summed E-state index contributed by atoms with van der Waals surface area (Å²) in [5, 5.41) is 9.00. The number of benzene rings is 1. The van der Waals surface area contributed by atoms with E-state index in [4.69, 9.17) is 14.0 Å². The maximum absolute atomic E-state index is 11.9. The van der Waals surface area contributed by atoms with E-state index in [0.717, 1.165) is 11.8 Å². The lowest BCUT2D eigenvalue weighted by Crippen LogP contribution is -2.23. The van der Waals surface area contributed by atoms with Crippen molar-refractivity contribution >= 4 is 32.1 Å². The van der Waals surface area contributed by atoms with Crippen molar-refractivity contribution in [3.05, 3.63) is 54.1 Å². The topological polar surface area (TPSA) is 125 Å². The first-order valence-electron chi connectivity index (χ1n) is 11.5. The van der Waals surface area contributed by atoms with Crippen LogP contribution >= 0.6 is 11.3 Å². The number of sulfone groups is 1. The van der Waals surface area contributed by atoms with E-state index in [0.29, 0.717) is 45.5 Å². The lowest BCUT2D eigenvalue weighted by molar-refractivity contribution is 0.256. The minimum atomic E-state index is -3.35. The SMILES string of the molecule is COc1cc(S(C)(=O)=O)ccc1-c1cn2nc(O[C@@H](C)C3=CCN(c4nc(C(C)C)no4)C=C3)sc2n1. The van der Waals surface area contributed by atoms with Crippen molar-refractivity contribution in [2.24, 2.45) is 0 Å². The predicted octanol–water partition coefficient (Wildman–Crippen LogP) is 4.10. The standard InChI is InChI=1S/C24H26N6O5S2/c1-14(2)21-26-22(35-28-21)29-10-8-16(9-11-29)15(3)34-24-27-30-13-19(25-23(30)36-24)18-7-6-17(37(5,31)32)12-20(18)33-4/h6-10,12-15H,11H2,1-5H3/t15-/m0/s1. The second-order valence-corrected chi connectivity index (χ2v) is 11.8. The van der Waals surface area contributed by atoms with Crippen LogP contribution in [0.2, 0.25) is 0 Å². The average Bonchev–Trinajstić information content (AvgIpc) is 3.58. The number of fused-ring (bicyclic) bond motifs is 1. The molecule has 37 heavy (non-hydrogen) atoms. The smallest absolute Gasteiger partial charge is 0.328 e. The van der Waals surface area contributed by atoms with Crippen molar-refractivity contribution < 1.29 is 22.4 Å². The molecule has 0 aliphatic carbocycles. The molecule has 0 saturated carbocycles. The molecular weight excluding hydrogens is 516 g/mol. The van der Waals surface area contributed by atoms with E-state index in [1.807, 2.05) is 44.0 Å². The maximum atomic E-state index is 11.9. The van der Waals surface area contributed by atoms with Gasteiger partial charge in [-0.2, -0.15) is 4.98 Å². The molecule has 0 amide bonds. The van der Waals surface area contributed by atoms with E-state index in [1.165, 1.54) is 24.5 Å². The first kappa shape index (κ1) is 25.0. The van der Waals surface area contributed by atoms with E-state index in [9.17, 15) is 8.42 Å². The summed E-state index contributed by atoms with van der Waals surface area (Å²) in [7, 11) is -1.86. The Kier molecular flexibility index (Phi) is 6.50. The molecule has 11 nitrogen and oxygen atoms in total. The van der Waals surface area contributed by atoms with Gasteiger partial charge in [-0.3, -0.25) is 4.90 Å². The van der Waals surface area contributed by atoms with E-state index in [1.54, 1.807) is 22.8 Å². The zero-order valence-corrected chi connectivity index (χ0v) is 22.6. The third-order valence-corrected chi connectivity index (χ3v) is 7.74. The monoisotopic (exact) mass is 542 g/mol. The molecule has 3 aromatic heterocycles. The zero-order valence-electron chi connectivity index (χ0n) is 20.9. The molecular formula is C24H26N6O5S2. The van der Waals surface area contributed by atoms with Crippen LogP contribution in [0.25, 0.3) is 16.2 Å². The third-order valence-electron chi connectivity index (χ3n) is 5.81. The number of methoxy groups -OCH3 is 1. The lowest BCUT2D eigenvalue weighted by Gasteiger charge is -2.21. The van der Waals surface area contributed by atoms with Gasteiger partial charge in [0.2, 0.25) is 4.96 Å². The first-order valence-corrected chi connectivity index (χ1v) is 14.2. The molecule has 0 saturated heterocycles. The van der Waals surface area contributed by atoms with Gasteiger partial charge in [0.15, 0.2) is 15.7 Å². The van der Waals surface area contributed by atoms with Crippen molar-refractivity contribution in [2.75, 3.05) is 24.8 Å². The Labute approximate surface area is 218 Å². The summed E-state index contributed by atoms with van der Waals surface area (Å²) in [6, 6.07) is 5.18. The van der Waals surface area contributed by atoms with Crippen LogP contribution in [0, 0.1) is 0 Å². The zero-order chi connectivity index (χ0) is 26.3. The molecule has 0 fully saturated rings. The molecule has 1 atom stereocenters. The fourth-order valence-corrected chi connectivity index (χ4v) is 5.17. The molecule has 194 valence electrons. The van der Waals surface area contributed by atoms with Crippen molar-refractivity contribution in [3.63, 3.8) is 0 Å². The molecule has 1 aromatic carbocycles. The fourth-order valence-electron chi connectivity index (χ4n) is 3.72. The molecule has 1 aliphatic rings. The van der Waals surface area contributed by atoms with E-state index < -0.39 is 9.84 Å². The molecule has 13 heteroatoms. The van der Waals surface area contributed by atoms with E-state index >= 15 is 0 Å². The van der Waals surface area contributed by atoms with Gasteiger partial charge in [-0.25, -0.2) is 17.9 Å². The van der Waals surface area contributed by atoms with E-state index in [-0.39, 0.29) is 16.9 Å². The summed E-state index contributed by atoms with van der Waals surface area (Å²) in [6.45, 7) is 6.58. The Hall–Kier alpha value is -3.71. The quantitative estimate of drug-likeness (QED) is 0.321. The summed E-state index contributed by atoms with van der Waals surface area (Å²) >= 11 is 1.32. The number of rotatable bonds is 8. The summed E-state index contributed by atoms with van der Waals surface area (Å²) in [5.41, 5.74) is 2.30. The van der Waals surface area contributed by atoms with Gasteiger partial charge in [0.1, 0.15) is 11.9 Å². The van der Waals surface area contributed by atoms with E-state index in [2.05, 4.69) is 20.2 Å². The lowest BCUT2D eigenvalue weighted by atomic mass is 10.1. The molecule has 0 radical (unpaired) electrons. The Morgan fingerprint density at radius 2 is 2.00 bits per heavy atom. The Morgan fingerprint density at radius 3 is 2.62 bits per heavy atom. The van der Waals surface area contributed by atoms with Gasteiger partial charge in [-0.1, -0.05) is 25.1 Å². The van der Waals surface area contributed by atoms with Gasteiger partial charge in [-0.15, -0.1) is 5.10 Å². The minimum Gasteiger partial charge on any atom is -0.496 e. The van der Waals surface area contributed by atoms with Crippen LogP contribution in [-0.2, 0) is 9.84 Å². The number of ether oxygens (including phenoxy) is 2. The van der Waals surface area contributed by atoms with Gasteiger partial charge in [0.25, 0.3) is 5.19 Å². The van der Waals surface area contributed by atoms with Crippen LogP contribution in [0.15, 0.2) is 57.7 Å². The Morgan fingerprint density at radius 1 is 1.19 bits per heavy atom. The number of hydrogen-bond donors (Lipinski definition) is 0. The van der Waals surface area contributed by atoms with Gasteiger partial charge >= 0.3 is 6.01 Å². The normalized spacial score (nSPS) is 14.9. The first-order chi connectivity index (χ1) is 17.6. The van der Waals surface area contributed by atoms with Crippen molar-refractivity contribution in [1.82, 2.24) is 24.7 Å². The van der Waals surface area contributed by atoms with Crippen molar-refractivity contribution in [1.29, 1.82) is 0 Å². The molecule has 1 aliphatic heterocycles. The molecule has 4 aromatic rings. The maximum Gasteiger partial charge on any atom is 0.328 e. The number of imidazole rings is 1. The van der Waals surface area contributed by atoms with Crippen LogP contribution < -0.4 is 14.4 Å². The molecule has 4 heterocycles. The second-order valence-electron chi connectivity index (χ2n) is 8.88. The van der Waals surface area contributed by atoms with Crippen LogP contribution in [0.5, 0.6) is 10.9 Å².